The molecule has 1 aromatic carbocycles. The highest BCUT2D eigenvalue weighted by atomic mass is 32.1. The first-order valence-corrected chi connectivity index (χ1v) is 10.2. The second-order valence-corrected chi connectivity index (χ2v) is 7.97. The average Bonchev–Trinajstić information content (AvgIpc) is 3.38. The van der Waals surface area contributed by atoms with Crippen LogP contribution in [-0.4, -0.2) is 35.8 Å². The zero-order chi connectivity index (χ0) is 18.9. The number of amides is 1. The lowest BCUT2D eigenvalue weighted by Gasteiger charge is -2.31. The predicted octanol–water partition coefficient (Wildman–Crippen LogP) is 2.95. The van der Waals surface area contributed by atoms with Gasteiger partial charge in [-0.25, -0.2) is 9.97 Å². The first-order chi connectivity index (χ1) is 13.8. The molecule has 0 saturated carbocycles. The second kappa shape index (κ2) is 7.27. The number of nitrogens with one attached hydrogen (secondary N) is 1. The van der Waals surface area contributed by atoms with Crippen molar-refractivity contribution in [2.45, 2.75) is 19.4 Å². The standard InChI is InChI=1S/C20H20N4O3S/c25-18(22-10-13-5-6-16-17(9-13)27-12-26-16)14-3-2-8-24(11-14)20-23-15-4-1-7-21-19(15)28-20/h1,4-7,9,14H,2-3,8,10-12H2,(H,22,25)/t14-/m1/s1. The molecule has 2 aliphatic rings. The second-order valence-electron chi connectivity index (χ2n) is 7.01. The van der Waals surface area contributed by atoms with Gasteiger partial charge in [-0.1, -0.05) is 17.4 Å². The van der Waals surface area contributed by atoms with Crippen LogP contribution in [0.4, 0.5) is 5.13 Å². The molecule has 1 saturated heterocycles. The fraction of sp³-hybridized carbons (Fsp3) is 0.350. The van der Waals surface area contributed by atoms with Crippen molar-refractivity contribution >= 4 is 32.7 Å². The minimum atomic E-state index is -0.0391. The van der Waals surface area contributed by atoms with E-state index >= 15 is 0 Å². The fourth-order valence-corrected chi connectivity index (χ4v) is 4.59. The molecule has 1 fully saturated rings. The van der Waals surface area contributed by atoms with E-state index in [4.69, 9.17) is 9.47 Å². The van der Waals surface area contributed by atoms with E-state index in [9.17, 15) is 4.79 Å². The van der Waals surface area contributed by atoms with Crippen molar-refractivity contribution in [1.29, 1.82) is 0 Å². The molecule has 2 aromatic heterocycles. The average molecular weight is 396 g/mol. The number of aromatic nitrogens is 2. The summed E-state index contributed by atoms with van der Waals surface area (Å²) in [6.45, 7) is 2.35. The molecule has 1 N–H and O–H groups in total. The molecular formula is C20H20N4O3S. The van der Waals surface area contributed by atoms with Crippen LogP contribution in [0.2, 0.25) is 0 Å². The summed E-state index contributed by atoms with van der Waals surface area (Å²) in [6, 6.07) is 9.63. The SMILES string of the molecule is O=C(NCc1ccc2c(c1)OCO2)[C@@H]1CCCN(c2nc3cccnc3s2)C1. The van der Waals surface area contributed by atoms with Crippen LogP contribution in [-0.2, 0) is 11.3 Å². The summed E-state index contributed by atoms with van der Waals surface area (Å²) in [7, 11) is 0. The first kappa shape index (κ1) is 17.2. The normalized spacial score (nSPS) is 18.4. The molecule has 8 heteroatoms. The van der Waals surface area contributed by atoms with Crippen molar-refractivity contribution in [3.05, 3.63) is 42.1 Å². The Morgan fingerprint density at radius 3 is 3.14 bits per heavy atom. The van der Waals surface area contributed by atoms with Crippen LogP contribution in [0, 0.1) is 5.92 Å². The van der Waals surface area contributed by atoms with Crippen molar-refractivity contribution < 1.29 is 14.3 Å². The van der Waals surface area contributed by atoms with Crippen LogP contribution in [0.5, 0.6) is 11.5 Å². The topological polar surface area (TPSA) is 76.6 Å². The number of piperidine rings is 1. The zero-order valence-corrected chi connectivity index (χ0v) is 16.1. The van der Waals surface area contributed by atoms with E-state index in [1.165, 1.54) is 0 Å². The van der Waals surface area contributed by atoms with Gasteiger partial charge < -0.3 is 19.7 Å². The van der Waals surface area contributed by atoms with Crippen molar-refractivity contribution in [2.75, 3.05) is 24.8 Å². The molecule has 0 radical (unpaired) electrons. The van der Waals surface area contributed by atoms with Gasteiger partial charge >= 0.3 is 0 Å². The zero-order valence-electron chi connectivity index (χ0n) is 15.3. The lowest BCUT2D eigenvalue weighted by molar-refractivity contribution is -0.125. The molecule has 5 rings (SSSR count). The molecule has 28 heavy (non-hydrogen) atoms. The van der Waals surface area contributed by atoms with E-state index in [1.807, 2.05) is 30.3 Å². The van der Waals surface area contributed by atoms with E-state index in [-0.39, 0.29) is 18.6 Å². The number of nitrogens with zero attached hydrogens (tertiary/aromatic N) is 3. The largest absolute Gasteiger partial charge is 0.454 e. The number of benzene rings is 1. The number of rotatable bonds is 4. The van der Waals surface area contributed by atoms with Crippen molar-refractivity contribution in [3.8, 4) is 11.5 Å². The van der Waals surface area contributed by atoms with Gasteiger partial charge in [-0.2, -0.15) is 0 Å². The third-order valence-corrected chi connectivity index (χ3v) is 6.16. The molecule has 2 aliphatic heterocycles. The minimum Gasteiger partial charge on any atom is -0.454 e. The van der Waals surface area contributed by atoms with Crippen LogP contribution >= 0.6 is 11.3 Å². The Balaban J connectivity index is 1.22. The summed E-state index contributed by atoms with van der Waals surface area (Å²) in [5.41, 5.74) is 1.92. The summed E-state index contributed by atoms with van der Waals surface area (Å²) in [5.74, 6) is 1.53. The Labute approximate surface area is 166 Å². The fourth-order valence-electron chi connectivity index (χ4n) is 3.64. The van der Waals surface area contributed by atoms with E-state index < -0.39 is 0 Å². The van der Waals surface area contributed by atoms with Crippen LogP contribution in [0.1, 0.15) is 18.4 Å². The summed E-state index contributed by atoms with van der Waals surface area (Å²) in [4.78, 5) is 24.9. The summed E-state index contributed by atoms with van der Waals surface area (Å²) in [5, 5.41) is 4.01. The lowest BCUT2D eigenvalue weighted by atomic mass is 9.97. The maximum Gasteiger partial charge on any atom is 0.231 e. The highest BCUT2D eigenvalue weighted by Crippen LogP contribution is 2.33. The van der Waals surface area contributed by atoms with E-state index in [1.54, 1.807) is 17.5 Å². The number of anilines is 1. The van der Waals surface area contributed by atoms with Gasteiger partial charge in [0.2, 0.25) is 12.7 Å². The van der Waals surface area contributed by atoms with E-state index in [0.29, 0.717) is 13.1 Å². The minimum absolute atomic E-state index is 0.0391. The molecule has 0 bridgehead atoms. The third-order valence-electron chi connectivity index (χ3n) is 5.12. The molecule has 0 unspecified atom stereocenters. The lowest BCUT2D eigenvalue weighted by Crippen LogP contribution is -2.42. The maximum atomic E-state index is 12.7. The van der Waals surface area contributed by atoms with Crippen LogP contribution < -0.4 is 19.7 Å². The van der Waals surface area contributed by atoms with Gasteiger partial charge in [-0.15, -0.1) is 0 Å². The number of carbonyl (C=O) groups excluding carboxylic acids is 1. The highest BCUT2D eigenvalue weighted by Gasteiger charge is 2.27. The monoisotopic (exact) mass is 396 g/mol. The van der Waals surface area contributed by atoms with E-state index in [2.05, 4.69) is 20.2 Å². The molecular weight excluding hydrogens is 376 g/mol. The first-order valence-electron chi connectivity index (χ1n) is 9.39. The van der Waals surface area contributed by atoms with Gasteiger partial charge in [0.05, 0.1) is 5.92 Å². The smallest absolute Gasteiger partial charge is 0.231 e. The van der Waals surface area contributed by atoms with Gasteiger partial charge in [0.25, 0.3) is 0 Å². The molecule has 0 aliphatic carbocycles. The van der Waals surface area contributed by atoms with Crippen molar-refractivity contribution in [1.82, 2.24) is 15.3 Å². The molecule has 7 nitrogen and oxygen atoms in total. The number of thiazole rings is 1. The number of ether oxygens (including phenoxy) is 2. The predicted molar refractivity (Wildman–Crippen MR) is 107 cm³/mol. The van der Waals surface area contributed by atoms with Gasteiger partial charge in [-0.3, -0.25) is 4.79 Å². The Morgan fingerprint density at radius 2 is 2.21 bits per heavy atom. The number of hydrogen-bond acceptors (Lipinski definition) is 7. The van der Waals surface area contributed by atoms with Crippen LogP contribution in [0.25, 0.3) is 10.3 Å². The highest BCUT2D eigenvalue weighted by molar-refractivity contribution is 7.21. The van der Waals surface area contributed by atoms with Crippen molar-refractivity contribution in [2.24, 2.45) is 5.92 Å². The molecule has 0 spiro atoms. The number of hydrogen-bond donors (Lipinski definition) is 1. The Bertz CT molecular complexity index is 989. The summed E-state index contributed by atoms with van der Waals surface area (Å²) in [6.07, 6.45) is 3.66. The summed E-state index contributed by atoms with van der Waals surface area (Å²) >= 11 is 1.59. The molecule has 3 aromatic rings. The Hall–Kier alpha value is -2.87. The number of fused-ring (bicyclic) bond motifs is 2. The maximum absolute atomic E-state index is 12.7. The van der Waals surface area contributed by atoms with Gasteiger partial charge in [0.15, 0.2) is 16.6 Å². The van der Waals surface area contributed by atoms with Gasteiger partial charge in [0, 0.05) is 25.8 Å². The molecule has 1 atom stereocenters. The Morgan fingerprint density at radius 1 is 1.29 bits per heavy atom. The van der Waals surface area contributed by atoms with Crippen LogP contribution in [0.15, 0.2) is 36.5 Å². The number of pyridine rings is 1. The van der Waals surface area contributed by atoms with Crippen molar-refractivity contribution in [3.63, 3.8) is 0 Å². The van der Waals surface area contributed by atoms with Gasteiger partial charge in [0.1, 0.15) is 10.3 Å². The van der Waals surface area contributed by atoms with E-state index in [0.717, 1.165) is 51.9 Å². The Kier molecular flexibility index (Phi) is 4.48. The quantitative estimate of drug-likeness (QED) is 0.731. The van der Waals surface area contributed by atoms with Gasteiger partial charge in [-0.05, 0) is 42.7 Å². The molecule has 4 heterocycles. The summed E-state index contributed by atoms with van der Waals surface area (Å²) < 4.78 is 10.7. The molecule has 1 amide bonds. The molecule has 144 valence electrons. The number of carbonyl (C=O) groups is 1. The third kappa shape index (κ3) is 3.35. The van der Waals surface area contributed by atoms with Crippen LogP contribution in [0.3, 0.4) is 0 Å².